The van der Waals surface area contributed by atoms with E-state index in [2.05, 4.69) is 57.3 Å². The molecule has 1 aromatic carbocycles. The first kappa shape index (κ1) is 22.7. The van der Waals surface area contributed by atoms with E-state index in [0.717, 1.165) is 22.3 Å². The summed E-state index contributed by atoms with van der Waals surface area (Å²) in [4.78, 5) is 17.3. The minimum atomic E-state index is -0.320. The third-order valence-corrected chi connectivity index (χ3v) is 4.91. The second-order valence-electron chi connectivity index (χ2n) is 7.51. The van der Waals surface area contributed by atoms with Crippen molar-refractivity contribution in [1.29, 1.82) is 0 Å². The molecule has 0 atom stereocenters. The van der Waals surface area contributed by atoms with Gasteiger partial charge in [0.25, 0.3) is 5.91 Å². The molecule has 0 aliphatic carbocycles. The van der Waals surface area contributed by atoms with Crippen molar-refractivity contribution in [1.82, 2.24) is 20.0 Å². The Bertz CT molecular complexity index is 1190. The van der Waals surface area contributed by atoms with Gasteiger partial charge in [0, 0.05) is 30.6 Å². The maximum atomic E-state index is 13.1. The number of aromatic nitrogens is 4. The van der Waals surface area contributed by atoms with E-state index in [4.69, 9.17) is 0 Å². The standard InChI is InChI=1S/C25H28N6O/c1-6-20(21-12-27-28-13-21)11-23(17(2)3)24(26-5)25(32)30-22-14-29-31(16-22)15-19-9-7-8-18(4)10-19/h6-14,16H,2,15H2,1,3-5H3,(H,27,28)(H,30,32)/b20-6?,23-11+,26-24?. The highest BCUT2D eigenvalue weighted by molar-refractivity contribution is 6.50. The molecule has 0 unspecified atom stereocenters. The SMILES string of the molecule is C=C(C)/C(=C\C(=CC)c1cn[nH]c1)C(=NC)C(=O)Nc1cnn(Cc2cccc(C)c2)c1. The molecule has 164 valence electrons. The van der Waals surface area contributed by atoms with Crippen molar-refractivity contribution in [3.05, 3.63) is 95.6 Å². The highest BCUT2D eigenvalue weighted by atomic mass is 16.1. The fraction of sp³-hybridized carbons (Fsp3) is 0.200. The van der Waals surface area contributed by atoms with Gasteiger partial charge in [-0.3, -0.25) is 19.6 Å². The Morgan fingerprint density at radius 3 is 2.78 bits per heavy atom. The number of H-pyrrole nitrogens is 1. The van der Waals surface area contributed by atoms with Crippen LogP contribution >= 0.6 is 0 Å². The summed E-state index contributed by atoms with van der Waals surface area (Å²) in [6.07, 6.45) is 10.8. The Morgan fingerprint density at radius 2 is 2.16 bits per heavy atom. The summed E-state index contributed by atoms with van der Waals surface area (Å²) < 4.78 is 1.79. The van der Waals surface area contributed by atoms with Gasteiger partial charge in [-0.15, -0.1) is 0 Å². The van der Waals surface area contributed by atoms with Crippen LogP contribution in [0.4, 0.5) is 5.69 Å². The molecule has 0 fully saturated rings. The minimum absolute atomic E-state index is 0.298. The van der Waals surface area contributed by atoms with Crippen molar-refractivity contribution in [2.75, 3.05) is 12.4 Å². The van der Waals surface area contributed by atoms with Crippen LogP contribution in [0.3, 0.4) is 0 Å². The lowest BCUT2D eigenvalue weighted by Crippen LogP contribution is -2.25. The van der Waals surface area contributed by atoms with E-state index in [-0.39, 0.29) is 5.91 Å². The van der Waals surface area contributed by atoms with Crippen LogP contribution in [0.5, 0.6) is 0 Å². The molecule has 3 aromatic rings. The van der Waals surface area contributed by atoms with Crippen molar-refractivity contribution in [3.8, 4) is 0 Å². The molecule has 0 saturated carbocycles. The number of rotatable bonds is 8. The number of amides is 1. The van der Waals surface area contributed by atoms with Gasteiger partial charge in [0.2, 0.25) is 0 Å². The number of hydrogen-bond acceptors (Lipinski definition) is 4. The van der Waals surface area contributed by atoms with E-state index < -0.39 is 0 Å². The number of anilines is 1. The highest BCUT2D eigenvalue weighted by Crippen LogP contribution is 2.21. The third-order valence-electron chi connectivity index (χ3n) is 4.91. The number of nitrogens with zero attached hydrogens (tertiary/aromatic N) is 4. The molecule has 32 heavy (non-hydrogen) atoms. The summed E-state index contributed by atoms with van der Waals surface area (Å²) in [5.41, 5.74) is 6.47. The van der Waals surface area contributed by atoms with Crippen molar-refractivity contribution in [2.45, 2.75) is 27.3 Å². The fourth-order valence-corrected chi connectivity index (χ4v) is 3.34. The molecule has 7 nitrogen and oxygen atoms in total. The van der Waals surface area contributed by atoms with Crippen LogP contribution < -0.4 is 5.32 Å². The van der Waals surface area contributed by atoms with Crippen molar-refractivity contribution >= 4 is 22.9 Å². The maximum Gasteiger partial charge on any atom is 0.274 e. The second-order valence-corrected chi connectivity index (χ2v) is 7.51. The van der Waals surface area contributed by atoms with Gasteiger partial charge < -0.3 is 5.32 Å². The predicted molar refractivity (Wildman–Crippen MR) is 130 cm³/mol. The van der Waals surface area contributed by atoms with Crippen LogP contribution in [0, 0.1) is 6.92 Å². The third kappa shape index (κ3) is 5.57. The summed E-state index contributed by atoms with van der Waals surface area (Å²) in [6, 6.07) is 8.25. The van der Waals surface area contributed by atoms with Gasteiger partial charge in [0.15, 0.2) is 0 Å². The number of carbonyl (C=O) groups excluding carboxylic acids is 1. The first-order valence-electron chi connectivity index (χ1n) is 10.3. The van der Waals surface area contributed by atoms with Crippen LogP contribution in [-0.4, -0.2) is 38.6 Å². The molecule has 0 spiro atoms. The number of aromatic amines is 1. The molecule has 0 aliphatic heterocycles. The van der Waals surface area contributed by atoms with E-state index in [1.54, 1.807) is 36.5 Å². The van der Waals surface area contributed by atoms with Crippen LogP contribution in [0.2, 0.25) is 0 Å². The lowest BCUT2D eigenvalue weighted by atomic mass is 9.97. The number of carbonyl (C=O) groups is 1. The largest absolute Gasteiger partial charge is 0.318 e. The quantitative estimate of drug-likeness (QED) is 0.407. The Labute approximate surface area is 188 Å². The molecule has 1 amide bonds. The van der Waals surface area contributed by atoms with E-state index in [1.807, 2.05) is 32.1 Å². The molecule has 0 saturated heterocycles. The predicted octanol–water partition coefficient (Wildman–Crippen LogP) is 4.58. The Morgan fingerprint density at radius 1 is 1.34 bits per heavy atom. The molecular weight excluding hydrogens is 400 g/mol. The molecular formula is C25H28N6O. The lowest BCUT2D eigenvalue weighted by molar-refractivity contribution is -0.110. The molecule has 2 N–H and O–H groups in total. The van der Waals surface area contributed by atoms with Crippen molar-refractivity contribution in [2.24, 2.45) is 4.99 Å². The van der Waals surface area contributed by atoms with Gasteiger partial charge in [0.1, 0.15) is 5.71 Å². The van der Waals surface area contributed by atoms with Gasteiger partial charge in [-0.05, 0) is 43.6 Å². The average molecular weight is 429 g/mol. The number of benzene rings is 1. The van der Waals surface area contributed by atoms with Gasteiger partial charge in [0.05, 0.1) is 24.6 Å². The maximum absolute atomic E-state index is 13.1. The number of nitrogens with one attached hydrogen (secondary N) is 2. The molecule has 2 aromatic heterocycles. The van der Waals surface area contributed by atoms with E-state index >= 15 is 0 Å². The van der Waals surface area contributed by atoms with Crippen molar-refractivity contribution in [3.63, 3.8) is 0 Å². The van der Waals surface area contributed by atoms with Gasteiger partial charge >= 0.3 is 0 Å². The molecule has 0 aliphatic rings. The molecule has 0 radical (unpaired) electrons. The summed E-state index contributed by atoms with van der Waals surface area (Å²) in [7, 11) is 1.60. The smallest absolute Gasteiger partial charge is 0.274 e. The first-order valence-corrected chi connectivity index (χ1v) is 10.3. The summed E-state index contributed by atoms with van der Waals surface area (Å²) in [5, 5.41) is 14.1. The summed E-state index contributed by atoms with van der Waals surface area (Å²) in [6.45, 7) is 10.5. The normalized spacial score (nSPS) is 12.7. The Hall–Kier alpha value is -4.00. The Balaban J connectivity index is 1.78. The first-order chi connectivity index (χ1) is 15.4. The zero-order chi connectivity index (χ0) is 23.1. The number of hydrogen-bond donors (Lipinski definition) is 2. The zero-order valence-corrected chi connectivity index (χ0v) is 18.9. The number of allylic oxidation sites excluding steroid dienone is 4. The average Bonchev–Trinajstić information content (AvgIpc) is 3.43. The van der Waals surface area contributed by atoms with Crippen LogP contribution in [0.25, 0.3) is 5.57 Å². The Kier molecular flexibility index (Phi) is 7.33. The van der Waals surface area contributed by atoms with E-state index in [0.29, 0.717) is 23.5 Å². The monoisotopic (exact) mass is 428 g/mol. The molecule has 2 heterocycles. The van der Waals surface area contributed by atoms with Crippen molar-refractivity contribution < 1.29 is 4.79 Å². The van der Waals surface area contributed by atoms with Gasteiger partial charge in [-0.1, -0.05) is 42.5 Å². The zero-order valence-electron chi connectivity index (χ0n) is 18.9. The highest BCUT2D eigenvalue weighted by Gasteiger charge is 2.18. The van der Waals surface area contributed by atoms with Crippen LogP contribution in [0.1, 0.15) is 30.5 Å². The lowest BCUT2D eigenvalue weighted by Gasteiger charge is -2.11. The van der Waals surface area contributed by atoms with E-state index in [1.165, 1.54) is 5.56 Å². The minimum Gasteiger partial charge on any atom is -0.318 e. The number of aryl methyl sites for hydroxylation is 1. The molecule has 0 bridgehead atoms. The molecule has 3 rings (SSSR count). The number of aliphatic imine (C=N–C) groups is 1. The molecule has 7 heteroatoms. The van der Waals surface area contributed by atoms with Crippen LogP contribution in [0.15, 0.2) is 83.9 Å². The van der Waals surface area contributed by atoms with Gasteiger partial charge in [-0.25, -0.2) is 0 Å². The van der Waals surface area contributed by atoms with E-state index in [9.17, 15) is 4.79 Å². The topological polar surface area (TPSA) is 88.0 Å². The van der Waals surface area contributed by atoms with Gasteiger partial charge in [-0.2, -0.15) is 10.2 Å². The summed E-state index contributed by atoms with van der Waals surface area (Å²) in [5.74, 6) is -0.320. The fourth-order valence-electron chi connectivity index (χ4n) is 3.34. The van der Waals surface area contributed by atoms with Crippen LogP contribution in [-0.2, 0) is 11.3 Å². The summed E-state index contributed by atoms with van der Waals surface area (Å²) >= 11 is 0. The second kappa shape index (κ2) is 10.3.